The van der Waals surface area contributed by atoms with Gasteiger partial charge in [0.05, 0.1) is 19.9 Å². The van der Waals surface area contributed by atoms with Gasteiger partial charge in [-0.3, -0.25) is 9.59 Å². The van der Waals surface area contributed by atoms with E-state index in [9.17, 15) is 9.59 Å². The molecule has 0 aliphatic rings. The van der Waals surface area contributed by atoms with Crippen LogP contribution >= 0.6 is 0 Å². The second-order valence-electron chi connectivity index (χ2n) is 5.78. The maximum atomic E-state index is 12.4. The minimum atomic E-state index is -0.409. The number of methoxy groups -OCH3 is 1. The molecule has 27 heavy (non-hydrogen) atoms. The lowest BCUT2D eigenvalue weighted by molar-refractivity contribution is -0.120. The molecule has 6 nitrogen and oxygen atoms in total. The highest BCUT2D eigenvalue weighted by Crippen LogP contribution is 2.18. The summed E-state index contributed by atoms with van der Waals surface area (Å²) in [4.78, 5) is 24.3. The summed E-state index contributed by atoms with van der Waals surface area (Å²) in [5.41, 5.74) is 3.73. The van der Waals surface area contributed by atoms with Crippen molar-refractivity contribution in [3.8, 4) is 5.75 Å². The van der Waals surface area contributed by atoms with Crippen LogP contribution in [0.4, 0.5) is 0 Å². The Labute approximate surface area is 156 Å². The zero-order valence-corrected chi connectivity index (χ0v) is 14.8. The van der Waals surface area contributed by atoms with Gasteiger partial charge in [-0.05, 0) is 46.7 Å². The number of nitrogens with zero attached hydrogens (tertiary/aromatic N) is 1. The fourth-order valence-corrected chi connectivity index (χ4v) is 2.59. The van der Waals surface area contributed by atoms with Crippen molar-refractivity contribution < 1.29 is 14.3 Å². The minimum absolute atomic E-state index is 0.165. The van der Waals surface area contributed by atoms with Crippen molar-refractivity contribution in [1.82, 2.24) is 10.7 Å². The summed E-state index contributed by atoms with van der Waals surface area (Å²) in [5.74, 6) is 0.0294. The van der Waals surface area contributed by atoms with Crippen LogP contribution in [-0.2, 0) is 4.79 Å². The van der Waals surface area contributed by atoms with Crippen molar-refractivity contribution in [2.75, 3.05) is 13.7 Å². The van der Waals surface area contributed by atoms with Crippen LogP contribution < -0.4 is 15.5 Å². The van der Waals surface area contributed by atoms with Crippen LogP contribution in [0.2, 0.25) is 0 Å². The van der Waals surface area contributed by atoms with E-state index >= 15 is 0 Å². The Morgan fingerprint density at radius 1 is 1.00 bits per heavy atom. The van der Waals surface area contributed by atoms with Crippen molar-refractivity contribution in [3.05, 3.63) is 77.9 Å². The zero-order valence-electron chi connectivity index (χ0n) is 14.8. The van der Waals surface area contributed by atoms with Crippen molar-refractivity contribution in [2.24, 2.45) is 5.10 Å². The molecule has 0 heterocycles. The van der Waals surface area contributed by atoms with Crippen molar-refractivity contribution >= 4 is 28.8 Å². The van der Waals surface area contributed by atoms with Crippen LogP contribution in [0.1, 0.15) is 15.9 Å². The number of ether oxygens (including phenoxy) is 1. The Morgan fingerprint density at radius 2 is 1.74 bits per heavy atom. The van der Waals surface area contributed by atoms with Crippen LogP contribution in [0.15, 0.2) is 71.8 Å². The third-order valence-electron chi connectivity index (χ3n) is 3.96. The van der Waals surface area contributed by atoms with E-state index in [1.165, 1.54) is 6.21 Å². The van der Waals surface area contributed by atoms with E-state index in [-0.39, 0.29) is 12.5 Å². The SMILES string of the molecule is COc1ccc(/C=N\NC(=O)CNC(=O)c2cccc3ccccc23)cc1. The molecular formula is C21H19N3O3. The van der Waals surface area contributed by atoms with E-state index in [0.717, 1.165) is 22.1 Å². The topological polar surface area (TPSA) is 79.8 Å². The number of amides is 2. The normalized spacial score (nSPS) is 10.7. The molecule has 3 rings (SSSR count). The number of nitrogens with one attached hydrogen (secondary N) is 2. The molecule has 0 unspecified atom stereocenters. The summed E-state index contributed by atoms with van der Waals surface area (Å²) in [7, 11) is 1.59. The van der Waals surface area contributed by atoms with E-state index in [1.807, 2.05) is 48.5 Å². The molecular weight excluding hydrogens is 342 g/mol. The molecule has 3 aromatic carbocycles. The van der Waals surface area contributed by atoms with E-state index in [1.54, 1.807) is 25.3 Å². The molecule has 0 spiro atoms. The highest BCUT2D eigenvalue weighted by molar-refractivity contribution is 6.07. The van der Waals surface area contributed by atoms with Gasteiger partial charge in [0.25, 0.3) is 11.8 Å². The van der Waals surface area contributed by atoms with Gasteiger partial charge >= 0.3 is 0 Å². The first-order chi connectivity index (χ1) is 13.2. The van der Waals surface area contributed by atoms with E-state index in [2.05, 4.69) is 15.8 Å². The fourth-order valence-electron chi connectivity index (χ4n) is 2.59. The molecule has 6 heteroatoms. The summed E-state index contributed by atoms with van der Waals surface area (Å²) in [5, 5.41) is 8.31. The molecule has 0 bridgehead atoms. The molecule has 3 aromatic rings. The van der Waals surface area contributed by atoms with Crippen molar-refractivity contribution in [2.45, 2.75) is 0 Å². The summed E-state index contributed by atoms with van der Waals surface area (Å²) in [6.07, 6.45) is 1.52. The van der Waals surface area contributed by atoms with Gasteiger partial charge in [0.1, 0.15) is 5.75 Å². The van der Waals surface area contributed by atoms with Crippen LogP contribution in [0.3, 0.4) is 0 Å². The minimum Gasteiger partial charge on any atom is -0.497 e. The Balaban J connectivity index is 1.53. The molecule has 0 aromatic heterocycles. The third kappa shape index (κ3) is 4.70. The summed E-state index contributed by atoms with van der Waals surface area (Å²) in [6.45, 7) is -0.165. The largest absolute Gasteiger partial charge is 0.497 e. The molecule has 2 N–H and O–H groups in total. The van der Waals surface area contributed by atoms with Gasteiger partial charge in [0.15, 0.2) is 0 Å². The number of rotatable bonds is 6. The standard InChI is InChI=1S/C21H19N3O3/c1-27-17-11-9-15(10-12-17)13-23-24-20(25)14-22-21(26)19-8-4-6-16-5-2-3-7-18(16)19/h2-13H,14H2,1H3,(H,22,26)(H,24,25)/b23-13-. The van der Waals surface area contributed by atoms with E-state index in [4.69, 9.17) is 4.74 Å². The molecule has 0 aliphatic heterocycles. The average molecular weight is 361 g/mol. The molecule has 0 radical (unpaired) electrons. The molecule has 0 aliphatic carbocycles. The van der Waals surface area contributed by atoms with Crippen LogP contribution in [0.5, 0.6) is 5.75 Å². The number of fused-ring (bicyclic) bond motifs is 1. The first kappa shape index (κ1) is 18.1. The average Bonchev–Trinajstić information content (AvgIpc) is 2.72. The second kappa shape index (κ2) is 8.62. The molecule has 136 valence electrons. The lowest BCUT2D eigenvalue weighted by atomic mass is 10.0. The highest BCUT2D eigenvalue weighted by Gasteiger charge is 2.10. The van der Waals surface area contributed by atoms with Gasteiger partial charge in [-0.15, -0.1) is 0 Å². The van der Waals surface area contributed by atoms with Gasteiger partial charge in [-0.2, -0.15) is 5.10 Å². The number of carbonyl (C=O) groups excluding carboxylic acids is 2. The third-order valence-corrected chi connectivity index (χ3v) is 3.96. The number of carbonyl (C=O) groups is 2. The predicted molar refractivity (Wildman–Crippen MR) is 105 cm³/mol. The Kier molecular flexibility index (Phi) is 5.79. The van der Waals surface area contributed by atoms with Crippen molar-refractivity contribution in [1.29, 1.82) is 0 Å². The van der Waals surface area contributed by atoms with Gasteiger partial charge in [0, 0.05) is 5.56 Å². The molecule has 0 atom stereocenters. The summed E-state index contributed by atoms with van der Waals surface area (Å²) < 4.78 is 5.08. The lowest BCUT2D eigenvalue weighted by Crippen LogP contribution is -2.35. The van der Waals surface area contributed by atoms with E-state index < -0.39 is 5.91 Å². The van der Waals surface area contributed by atoms with Crippen LogP contribution in [-0.4, -0.2) is 31.7 Å². The Bertz CT molecular complexity index is 976. The van der Waals surface area contributed by atoms with E-state index in [0.29, 0.717) is 5.56 Å². The molecule has 2 amide bonds. The van der Waals surface area contributed by atoms with Crippen LogP contribution in [0.25, 0.3) is 10.8 Å². The Morgan fingerprint density at radius 3 is 2.52 bits per heavy atom. The highest BCUT2D eigenvalue weighted by atomic mass is 16.5. The maximum Gasteiger partial charge on any atom is 0.259 e. The predicted octanol–water partition coefficient (Wildman–Crippen LogP) is 2.73. The number of benzene rings is 3. The zero-order chi connectivity index (χ0) is 19.1. The van der Waals surface area contributed by atoms with Crippen molar-refractivity contribution in [3.63, 3.8) is 0 Å². The molecule has 0 saturated carbocycles. The quantitative estimate of drug-likeness (QED) is 0.523. The number of hydrogen-bond donors (Lipinski definition) is 2. The number of hydrogen-bond acceptors (Lipinski definition) is 4. The molecule has 0 fully saturated rings. The fraction of sp³-hybridized carbons (Fsp3) is 0.0952. The summed E-state index contributed by atoms with van der Waals surface area (Å²) in [6, 6.07) is 20.3. The Hall–Kier alpha value is -3.67. The lowest BCUT2D eigenvalue weighted by Gasteiger charge is -2.07. The maximum absolute atomic E-state index is 12.4. The summed E-state index contributed by atoms with van der Waals surface area (Å²) >= 11 is 0. The van der Waals surface area contributed by atoms with Gasteiger partial charge in [0.2, 0.25) is 0 Å². The molecule has 0 saturated heterocycles. The second-order valence-corrected chi connectivity index (χ2v) is 5.78. The first-order valence-electron chi connectivity index (χ1n) is 8.39. The van der Waals surface area contributed by atoms with Gasteiger partial charge < -0.3 is 10.1 Å². The number of hydrazone groups is 1. The van der Waals surface area contributed by atoms with Gasteiger partial charge in [-0.25, -0.2) is 5.43 Å². The van der Waals surface area contributed by atoms with Crippen LogP contribution in [0, 0.1) is 0 Å². The monoisotopic (exact) mass is 361 g/mol. The smallest absolute Gasteiger partial charge is 0.259 e. The van der Waals surface area contributed by atoms with Gasteiger partial charge in [-0.1, -0.05) is 36.4 Å². The first-order valence-corrected chi connectivity index (χ1v) is 8.39.